The van der Waals surface area contributed by atoms with Crippen molar-refractivity contribution < 1.29 is 22.3 Å². The van der Waals surface area contributed by atoms with Crippen LogP contribution in [-0.2, 0) is 4.74 Å². The van der Waals surface area contributed by atoms with E-state index in [1.807, 2.05) is 19.1 Å². The van der Waals surface area contributed by atoms with Crippen LogP contribution in [-0.4, -0.2) is 12.7 Å². The normalized spacial score (nSPS) is 18.5. The van der Waals surface area contributed by atoms with E-state index in [4.69, 9.17) is 4.74 Å². The van der Waals surface area contributed by atoms with E-state index in [9.17, 15) is 4.39 Å². The lowest BCUT2D eigenvalue weighted by molar-refractivity contribution is -0.00181. The molecule has 0 saturated carbocycles. The number of benzene rings is 3. The van der Waals surface area contributed by atoms with Crippen LogP contribution < -0.4 is 0 Å². The summed E-state index contributed by atoms with van der Waals surface area (Å²) in [5, 5.41) is 0. The van der Waals surface area contributed by atoms with Crippen molar-refractivity contribution in [2.45, 2.75) is 51.6 Å². The molecule has 178 valence electrons. The maximum atomic E-state index is 15.0. The second-order valence-corrected chi connectivity index (χ2v) is 8.76. The van der Waals surface area contributed by atoms with Gasteiger partial charge in [0.25, 0.3) is 0 Å². The van der Waals surface area contributed by atoms with Crippen LogP contribution in [0.3, 0.4) is 0 Å². The van der Waals surface area contributed by atoms with Crippen molar-refractivity contribution in [1.29, 1.82) is 0 Å². The lowest BCUT2D eigenvalue weighted by Gasteiger charge is -2.29. The third kappa shape index (κ3) is 4.80. The summed E-state index contributed by atoms with van der Waals surface area (Å²) in [4.78, 5) is 0. The lowest BCUT2D eigenvalue weighted by Crippen LogP contribution is -2.25. The molecule has 0 aliphatic carbocycles. The SMILES string of the molecule is C/C=C/c1ccc(-c2ccc(-c3ccc(C4CCC(CCC)OC4)c(F)c3F)c(F)c2F)cc1. The van der Waals surface area contributed by atoms with E-state index >= 15 is 13.2 Å². The van der Waals surface area contributed by atoms with Gasteiger partial charge in [0.2, 0.25) is 0 Å². The van der Waals surface area contributed by atoms with Gasteiger partial charge in [0, 0.05) is 22.6 Å². The van der Waals surface area contributed by atoms with Crippen LogP contribution in [0.15, 0.2) is 54.6 Å². The van der Waals surface area contributed by atoms with Crippen molar-refractivity contribution in [2.75, 3.05) is 6.61 Å². The third-order valence-electron chi connectivity index (χ3n) is 6.49. The molecule has 1 fully saturated rings. The Balaban J connectivity index is 1.62. The van der Waals surface area contributed by atoms with Crippen LogP contribution in [0.25, 0.3) is 28.3 Å². The molecule has 3 aromatic rings. The molecule has 0 N–H and O–H groups in total. The van der Waals surface area contributed by atoms with Crippen LogP contribution in [0, 0.1) is 23.3 Å². The van der Waals surface area contributed by atoms with Gasteiger partial charge in [0.15, 0.2) is 23.3 Å². The average Bonchev–Trinajstić information content (AvgIpc) is 2.85. The lowest BCUT2D eigenvalue weighted by atomic mass is 9.88. The van der Waals surface area contributed by atoms with E-state index in [0.717, 1.165) is 24.8 Å². The fourth-order valence-corrected chi connectivity index (χ4v) is 4.64. The highest BCUT2D eigenvalue weighted by atomic mass is 19.2. The van der Waals surface area contributed by atoms with E-state index < -0.39 is 23.3 Å². The molecule has 5 heteroatoms. The van der Waals surface area contributed by atoms with Gasteiger partial charge in [-0.2, -0.15) is 0 Å². The number of rotatable bonds is 6. The summed E-state index contributed by atoms with van der Waals surface area (Å²) in [7, 11) is 0. The summed E-state index contributed by atoms with van der Waals surface area (Å²) >= 11 is 0. The Bertz CT molecular complexity index is 1180. The summed E-state index contributed by atoms with van der Waals surface area (Å²) in [5.41, 5.74) is 1.11. The fraction of sp³-hybridized carbons (Fsp3) is 0.310. The van der Waals surface area contributed by atoms with Crippen molar-refractivity contribution in [1.82, 2.24) is 0 Å². The topological polar surface area (TPSA) is 9.23 Å². The standard InChI is InChI=1S/C29H28F4O/c1-3-5-18-7-9-19(10-8-18)22-13-15-24(28(32)26(22)30)25-16-14-23(27(31)29(25)33)20-11-12-21(6-4-2)34-17-20/h3,5,7-10,13-16,20-21H,4,6,11-12,17H2,1-2H3/b5-3+. The second kappa shape index (κ2) is 10.6. The van der Waals surface area contributed by atoms with Gasteiger partial charge in [-0.1, -0.05) is 74.0 Å². The van der Waals surface area contributed by atoms with Crippen molar-refractivity contribution >= 4 is 6.08 Å². The molecule has 1 aliphatic heterocycles. The molecule has 3 aromatic carbocycles. The van der Waals surface area contributed by atoms with Crippen molar-refractivity contribution in [3.05, 3.63) is 89.0 Å². The highest BCUT2D eigenvalue weighted by Crippen LogP contribution is 2.37. The molecule has 0 bridgehead atoms. The number of hydrogen-bond donors (Lipinski definition) is 0. The van der Waals surface area contributed by atoms with Gasteiger partial charge in [-0.3, -0.25) is 0 Å². The highest BCUT2D eigenvalue weighted by molar-refractivity contribution is 5.73. The summed E-state index contributed by atoms with van der Waals surface area (Å²) in [6, 6.07) is 12.5. The van der Waals surface area contributed by atoms with Gasteiger partial charge in [-0.05, 0) is 42.9 Å². The number of ether oxygens (including phenoxy) is 1. The van der Waals surface area contributed by atoms with E-state index in [1.54, 1.807) is 24.3 Å². The molecule has 34 heavy (non-hydrogen) atoms. The molecular formula is C29H28F4O. The first kappa shape index (κ1) is 24.2. The van der Waals surface area contributed by atoms with Gasteiger partial charge in [-0.25, -0.2) is 17.6 Å². The number of allylic oxidation sites excluding steroid dienone is 1. The maximum Gasteiger partial charge on any atom is 0.167 e. The zero-order chi connectivity index (χ0) is 24.2. The molecule has 0 amide bonds. The van der Waals surface area contributed by atoms with Gasteiger partial charge in [0.1, 0.15) is 0 Å². The summed E-state index contributed by atoms with van der Waals surface area (Å²) in [6.45, 7) is 4.30. The van der Waals surface area contributed by atoms with Crippen molar-refractivity contribution in [2.24, 2.45) is 0 Å². The van der Waals surface area contributed by atoms with Gasteiger partial charge >= 0.3 is 0 Å². The van der Waals surface area contributed by atoms with Crippen molar-refractivity contribution in [3.63, 3.8) is 0 Å². The quantitative estimate of drug-likeness (QED) is 0.329. The first-order valence-corrected chi connectivity index (χ1v) is 11.8. The maximum absolute atomic E-state index is 15.0. The molecule has 0 aromatic heterocycles. The molecule has 0 radical (unpaired) electrons. The molecule has 1 saturated heterocycles. The highest BCUT2D eigenvalue weighted by Gasteiger charge is 2.28. The Labute approximate surface area is 198 Å². The Morgan fingerprint density at radius 2 is 1.41 bits per heavy atom. The Morgan fingerprint density at radius 3 is 2.03 bits per heavy atom. The van der Waals surface area contributed by atoms with Gasteiger partial charge in [0.05, 0.1) is 12.7 Å². The number of hydrogen-bond acceptors (Lipinski definition) is 1. The molecule has 2 atom stereocenters. The molecular weight excluding hydrogens is 440 g/mol. The van der Waals surface area contributed by atoms with E-state index in [2.05, 4.69) is 6.92 Å². The van der Waals surface area contributed by atoms with Crippen LogP contribution in [0.5, 0.6) is 0 Å². The van der Waals surface area contributed by atoms with Crippen LogP contribution >= 0.6 is 0 Å². The van der Waals surface area contributed by atoms with Gasteiger partial charge < -0.3 is 4.74 Å². The number of halogens is 4. The molecule has 4 rings (SSSR count). The van der Waals surface area contributed by atoms with E-state index in [0.29, 0.717) is 18.6 Å². The summed E-state index contributed by atoms with van der Waals surface area (Å²) in [6.07, 6.45) is 7.38. The molecule has 1 nitrogen and oxygen atoms in total. The third-order valence-corrected chi connectivity index (χ3v) is 6.49. The van der Waals surface area contributed by atoms with Crippen LogP contribution in [0.1, 0.15) is 56.6 Å². The van der Waals surface area contributed by atoms with Gasteiger partial charge in [-0.15, -0.1) is 0 Å². The predicted octanol–water partition coefficient (Wildman–Crippen LogP) is 8.67. The largest absolute Gasteiger partial charge is 0.378 e. The first-order valence-electron chi connectivity index (χ1n) is 11.8. The second-order valence-electron chi connectivity index (χ2n) is 8.76. The molecule has 2 unspecified atom stereocenters. The smallest absolute Gasteiger partial charge is 0.167 e. The van der Waals surface area contributed by atoms with Crippen LogP contribution in [0.2, 0.25) is 0 Å². The van der Waals surface area contributed by atoms with Crippen LogP contribution in [0.4, 0.5) is 17.6 Å². The Morgan fingerprint density at radius 1 is 0.794 bits per heavy atom. The fourth-order valence-electron chi connectivity index (χ4n) is 4.64. The van der Waals surface area contributed by atoms with E-state index in [-0.39, 0.29) is 34.3 Å². The minimum Gasteiger partial charge on any atom is -0.378 e. The zero-order valence-corrected chi connectivity index (χ0v) is 19.4. The molecule has 1 heterocycles. The Kier molecular flexibility index (Phi) is 7.52. The monoisotopic (exact) mass is 468 g/mol. The zero-order valence-electron chi connectivity index (χ0n) is 19.4. The van der Waals surface area contributed by atoms with E-state index in [1.165, 1.54) is 24.3 Å². The first-order chi connectivity index (χ1) is 16.4. The minimum atomic E-state index is -1.20. The molecule has 1 aliphatic rings. The average molecular weight is 469 g/mol. The Hall–Kier alpha value is -2.92. The van der Waals surface area contributed by atoms with Crippen molar-refractivity contribution in [3.8, 4) is 22.3 Å². The predicted molar refractivity (Wildman–Crippen MR) is 128 cm³/mol. The summed E-state index contributed by atoms with van der Waals surface area (Å²) in [5.74, 6) is -4.75. The summed E-state index contributed by atoms with van der Waals surface area (Å²) < 4.78 is 65.8. The minimum absolute atomic E-state index is 0.0618. The molecule has 0 spiro atoms.